The largest absolute Gasteiger partial charge is 0.368 e. The predicted octanol–water partition coefficient (Wildman–Crippen LogP) is 3.58. The second-order valence-corrected chi connectivity index (χ2v) is 8.18. The molecule has 0 aliphatic carbocycles. The molecule has 0 spiro atoms. The summed E-state index contributed by atoms with van der Waals surface area (Å²) in [5.41, 5.74) is 6.44. The first kappa shape index (κ1) is 20.7. The number of hydrogen-bond donors (Lipinski definition) is 2. The Morgan fingerprint density at radius 1 is 1.24 bits per heavy atom. The number of carbonyl (C=O) groups is 2. The normalized spacial score (nSPS) is 12.3. The Morgan fingerprint density at radius 3 is 2.45 bits per heavy atom. The fourth-order valence-electron chi connectivity index (χ4n) is 3.36. The van der Waals surface area contributed by atoms with E-state index in [0.29, 0.717) is 38.6 Å². The third-order valence-electron chi connectivity index (χ3n) is 4.80. The summed E-state index contributed by atoms with van der Waals surface area (Å²) < 4.78 is 1.40. The number of nitrogens with one attached hydrogen (secondary N) is 1. The molecule has 0 saturated carbocycles. The second kappa shape index (κ2) is 8.16. The van der Waals surface area contributed by atoms with Crippen molar-refractivity contribution in [2.75, 3.05) is 5.32 Å². The Hall–Kier alpha value is -3.00. The van der Waals surface area contributed by atoms with Crippen molar-refractivity contribution in [1.82, 2.24) is 9.55 Å². The average molecular weight is 413 g/mol. The molecule has 1 aromatic carbocycles. The lowest BCUT2D eigenvalue weighted by Crippen LogP contribution is -2.36. The minimum Gasteiger partial charge on any atom is -0.368 e. The van der Waals surface area contributed by atoms with Gasteiger partial charge in [-0.05, 0) is 31.0 Å². The molecule has 0 bridgehead atoms. The van der Waals surface area contributed by atoms with Gasteiger partial charge in [0.15, 0.2) is 0 Å². The van der Waals surface area contributed by atoms with Gasteiger partial charge < -0.3 is 11.1 Å². The van der Waals surface area contributed by atoms with Gasteiger partial charge in [-0.15, -0.1) is 11.3 Å². The summed E-state index contributed by atoms with van der Waals surface area (Å²) in [5.74, 6) is -0.475. The van der Waals surface area contributed by atoms with Crippen LogP contribution < -0.4 is 16.6 Å². The molecule has 152 valence electrons. The highest BCUT2D eigenvalue weighted by Gasteiger charge is 2.27. The molecule has 0 fully saturated rings. The maximum absolute atomic E-state index is 13.4. The molecule has 1 unspecified atom stereocenters. The molecular weight excluding hydrogens is 388 g/mol. The van der Waals surface area contributed by atoms with E-state index in [2.05, 4.69) is 10.3 Å². The maximum atomic E-state index is 13.4. The van der Waals surface area contributed by atoms with Crippen molar-refractivity contribution in [3.8, 4) is 0 Å². The topological polar surface area (TPSA) is 107 Å². The molecule has 7 nitrogen and oxygen atoms in total. The van der Waals surface area contributed by atoms with Gasteiger partial charge in [-0.1, -0.05) is 39.0 Å². The van der Waals surface area contributed by atoms with E-state index in [-0.39, 0.29) is 17.4 Å². The van der Waals surface area contributed by atoms with E-state index in [9.17, 15) is 14.4 Å². The molecule has 0 saturated heterocycles. The molecule has 0 radical (unpaired) electrons. The third-order valence-corrected chi connectivity index (χ3v) is 5.99. The van der Waals surface area contributed by atoms with E-state index in [1.165, 1.54) is 15.9 Å². The van der Waals surface area contributed by atoms with Gasteiger partial charge in [0.1, 0.15) is 16.7 Å². The minimum atomic E-state index is -0.780. The zero-order chi connectivity index (χ0) is 21.3. The highest BCUT2D eigenvalue weighted by Crippen LogP contribution is 2.30. The van der Waals surface area contributed by atoms with Gasteiger partial charge in [-0.2, -0.15) is 0 Å². The Balaban J connectivity index is 2.19. The first-order valence-corrected chi connectivity index (χ1v) is 10.3. The van der Waals surface area contributed by atoms with Crippen LogP contribution in [0.5, 0.6) is 0 Å². The summed E-state index contributed by atoms with van der Waals surface area (Å²) in [6, 6.07) is 8.33. The van der Waals surface area contributed by atoms with Crippen molar-refractivity contribution in [1.29, 1.82) is 0 Å². The van der Waals surface area contributed by atoms with Crippen LogP contribution in [0, 0.1) is 6.92 Å². The summed E-state index contributed by atoms with van der Waals surface area (Å²) in [4.78, 5) is 43.7. The molecule has 8 heteroatoms. The van der Waals surface area contributed by atoms with Crippen molar-refractivity contribution >= 4 is 39.1 Å². The zero-order valence-electron chi connectivity index (χ0n) is 16.9. The van der Waals surface area contributed by atoms with Crippen LogP contribution in [-0.4, -0.2) is 21.4 Å². The van der Waals surface area contributed by atoms with Crippen molar-refractivity contribution < 1.29 is 9.59 Å². The molecule has 0 aliphatic rings. The third kappa shape index (κ3) is 3.80. The van der Waals surface area contributed by atoms with E-state index in [0.717, 1.165) is 0 Å². The van der Waals surface area contributed by atoms with Crippen LogP contribution in [0.25, 0.3) is 10.2 Å². The SMILES string of the molecule is CCC(C(N)=O)n1c(C(C)C)nc2sc(C(=O)Nc3ccccc3)c(C)c2c1=O. The van der Waals surface area contributed by atoms with Crippen LogP contribution in [0.2, 0.25) is 0 Å². The molecule has 2 amide bonds. The fraction of sp³-hybridized carbons (Fsp3) is 0.333. The van der Waals surface area contributed by atoms with Crippen LogP contribution in [0.3, 0.4) is 0 Å². The van der Waals surface area contributed by atoms with Crippen molar-refractivity contribution in [2.24, 2.45) is 5.73 Å². The fourth-order valence-corrected chi connectivity index (χ4v) is 4.43. The lowest BCUT2D eigenvalue weighted by atomic mass is 10.1. The lowest BCUT2D eigenvalue weighted by Gasteiger charge is -2.20. The molecule has 29 heavy (non-hydrogen) atoms. The van der Waals surface area contributed by atoms with Gasteiger partial charge in [0.05, 0.1) is 10.3 Å². The average Bonchev–Trinajstić information content (AvgIpc) is 3.01. The summed E-state index contributed by atoms with van der Waals surface area (Å²) in [5, 5.41) is 3.20. The number of hydrogen-bond acceptors (Lipinski definition) is 5. The van der Waals surface area contributed by atoms with Crippen LogP contribution in [-0.2, 0) is 4.79 Å². The zero-order valence-corrected chi connectivity index (χ0v) is 17.7. The Morgan fingerprint density at radius 2 is 1.90 bits per heavy atom. The highest BCUT2D eigenvalue weighted by molar-refractivity contribution is 7.20. The van der Waals surface area contributed by atoms with Gasteiger partial charge in [0.2, 0.25) is 5.91 Å². The monoisotopic (exact) mass is 412 g/mol. The molecule has 0 aliphatic heterocycles. The van der Waals surface area contributed by atoms with Crippen LogP contribution >= 0.6 is 11.3 Å². The quantitative estimate of drug-likeness (QED) is 0.645. The summed E-state index contributed by atoms with van der Waals surface area (Å²) in [7, 11) is 0. The van der Waals surface area contributed by atoms with Crippen molar-refractivity contribution in [3.63, 3.8) is 0 Å². The Bertz CT molecular complexity index is 1130. The van der Waals surface area contributed by atoms with Gasteiger partial charge in [0, 0.05) is 11.6 Å². The minimum absolute atomic E-state index is 0.0931. The number of carbonyl (C=O) groups excluding carboxylic acids is 2. The molecule has 3 N–H and O–H groups in total. The van der Waals surface area contributed by atoms with Crippen LogP contribution in [0.4, 0.5) is 5.69 Å². The molecule has 2 heterocycles. The standard InChI is InChI=1S/C21H24N4O3S/c1-5-14(17(22)26)25-18(11(2)3)24-20-15(21(25)28)12(4)16(29-20)19(27)23-13-9-7-6-8-10-13/h6-11,14H,5H2,1-4H3,(H2,22,26)(H,23,27). The molecule has 1 atom stereocenters. The number of primary amides is 1. The number of fused-ring (bicyclic) bond motifs is 1. The lowest BCUT2D eigenvalue weighted by molar-refractivity contribution is -0.121. The Labute approximate surface area is 172 Å². The number of benzene rings is 1. The van der Waals surface area contributed by atoms with Crippen LogP contribution in [0.1, 0.15) is 60.2 Å². The number of nitrogens with zero attached hydrogens (tertiary/aromatic N) is 2. The predicted molar refractivity (Wildman–Crippen MR) is 116 cm³/mol. The first-order chi connectivity index (χ1) is 13.8. The highest BCUT2D eigenvalue weighted by atomic mass is 32.1. The van der Waals surface area contributed by atoms with Gasteiger partial charge >= 0.3 is 0 Å². The smallest absolute Gasteiger partial charge is 0.266 e. The molecule has 3 rings (SSSR count). The number of rotatable bonds is 6. The molecular formula is C21H24N4O3S. The number of anilines is 1. The van der Waals surface area contributed by atoms with E-state index >= 15 is 0 Å². The molecule has 2 aromatic heterocycles. The number of para-hydroxylation sites is 1. The Kier molecular flexibility index (Phi) is 5.83. The maximum Gasteiger partial charge on any atom is 0.266 e. The first-order valence-electron chi connectivity index (χ1n) is 9.47. The van der Waals surface area contributed by atoms with E-state index in [4.69, 9.17) is 5.73 Å². The number of nitrogens with two attached hydrogens (primary N) is 1. The van der Waals surface area contributed by atoms with Crippen molar-refractivity contribution in [2.45, 2.75) is 46.1 Å². The van der Waals surface area contributed by atoms with E-state index in [1.807, 2.05) is 32.0 Å². The van der Waals surface area contributed by atoms with Gasteiger partial charge in [0.25, 0.3) is 11.5 Å². The summed E-state index contributed by atoms with van der Waals surface area (Å²) in [6.45, 7) is 7.34. The van der Waals surface area contributed by atoms with E-state index in [1.54, 1.807) is 26.0 Å². The van der Waals surface area contributed by atoms with Gasteiger partial charge in [-0.3, -0.25) is 19.0 Å². The number of aryl methyl sites for hydroxylation is 1. The van der Waals surface area contributed by atoms with Crippen molar-refractivity contribution in [3.05, 3.63) is 57.0 Å². The number of aromatic nitrogens is 2. The summed E-state index contributed by atoms with van der Waals surface area (Å²) in [6.07, 6.45) is 0.382. The van der Waals surface area contributed by atoms with Crippen LogP contribution in [0.15, 0.2) is 35.1 Å². The summed E-state index contributed by atoms with van der Waals surface area (Å²) >= 11 is 1.18. The second-order valence-electron chi connectivity index (χ2n) is 7.18. The van der Waals surface area contributed by atoms with E-state index < -0.39 is 11.9 Å². The number of amides is 2. The molecule has 3 aromatic rings. The van der Waals surface area contributed by atoms with Gasteiger partial charge in [-0.25, -0.2) is 4.98 Å². The number of thiophene rings is 1.